The Kier molecular flexibility index (Phi) is 7.44. The van der Waals surface area contributed by atoms with Gasteiger partial charge in [0, 0.05) is 41.4 Å². The standard InChI is InChI=1S/C37H40N6O4S2/c1-20(2)25-18-49(44,45)34-31(29-17-22-11-16-39-35(33(22)48-29)41-27-7-6-26-24(27)5-4-15-38-26)30(36-43-42-21(3)47-36)28(40-32(25)34)10-14-37-12-8-23(9-13-37)46-19-37/h4-5,11,15-17,20,23,25,27H,6-10,12-14,18-19H2,1-3H3,(H,39,41)/t23?,25-,27-,37?/m0/s1. The first-order valence-corrected chi connectivity index (χ1v) is 20.0. The lowest BCUT2D eigenvalue weighted by molar-refractivity contribution is -0.117. The number of sulfone groups is 1. The van der Waals surface area contributed by atoms with Crippen LogP contribution in [-0.4, -0.2) is 52.0 Å². The summed E-state index contributed by atoms with van der Waals surface area (Å²) in [5.41, 5.74) is 5.20. The average Bonchev–Trinajstić information content (AvgIpc) is 3.89. The van der Waals surface area contributed by atoms with Crippen molar-refractivity contribution in [3.05, 3.63) is 65.2 Å². The molecule has 0 amide bonds. The molecule has 5 aromatic heterocycles. The SMILES string of the molecule is Cc1nnc(-c2c(CCC34CCC(CC3)OC4)nc3c(c2-c2cc4ccnc(N[C@H]5CCc6ncccc65)c4s2)S(=O)(=O)C[C@H]3C(C)C)o1. The summed E-state index contributed by atoms with van der Waals surface area (Å²) in [5, 5.41) is 13.4. The first-order chi connectivity index (χ1) is 23.7. The lowest BCUT2D eigenvalue weighted by Crippen LogP contribution is -2.42. The molecule has 254 valence electrons. The Balaban J connectivity index is 1.22. The molecule has 0 spiro atoms. The Morgan fingerprint density at radius 1 is 1.08 bits per heavy atom. The van der Waals surface area contributed by atoms with Crippen molar-refractivity contribution in [2.75, 3.05) is 17.7 Å². The third-order valence-electron chi connectivity index (χ3n) is 11.3. The second kappa shape index (κ2) is 11.7. The third kappa shape index (κ3) is 5.29. The molecule has 10 nitrogen and oxygen atoms in total. The van der Waals surface area contributed by atoms with Gasteiger partial charge in [-0.05, 0) is 91.8 Å². The first kappa shape index (κ1) is 31.3. The van der Waals surface area contributed by atoms with Crippen molar-refractivity contribution >= 4 is 37.1 Å². The van der Waals surface area contributed by atoms with E-state index >= 15 is 0 Å². The fourth-order valence-electron chi connectivity index (χ4n) is 8.59. The van der Waals surface area contributed by atoms with Crippen LogP contribution in [0.15, 0.2) is 46.0 Å². The molecular formula is C37H40N6O4S2. The lowest BCUT2D eigenvalue weighted by atomic mass is 9.68. The molecule has 5 aromatic rings. The van der Waals surface area contributed by atoms with Crippen LogP contribution in [0.2, 0.25) is 0 Å². The molecular weight excluding hydrogens is 657 g/mol. The highest BCUT2D eigenvalue weighted by molar-refractivity contribution is 7.92. The zero-order valence-electron chi connectivity index (χ0n) is 28.0. The van der Waals surface area contributed by atoms with E-state index in [4.69, 9.17) is 19.1 Å². The van der Waals surface area contributed by atoms with Gasteiger partial charge in [-0.25, -0.2) is 13.4 Å². The van der Waals surface area contributed by atoms with E-state index < -0.39 is 9.84 Å². The van der Waals surface area contributed by atoms with E-state index in [0.717, 1.165) is 83.7 Å². The van der Waals surface area contributed by atoms with E-state index in [0.29, 0.717) is 46.0 Å². The van der Waals surface area contributed by atoms with Gasteiger partial charge in [-0.15, -0.1) is 21.5 Å². The largest absolute Gasteiger partial charge is 0.421 e. The van der Waals surface area contributed by atoms with Crippen LogP contribution in [0.3, 0.4) is 0 Å². The topological polar surface area (TPSA) is 133 Å². The van der Waals surface area contributed by atoms with E-state index in [9.17, 15) is 8.42 Å². The number of aryl methyl sites for hydroxylation is 3. The van der Waals surface area contributed by atoms with E-state index in [1.54, 1.807) is 18.3 Å². The highest BCUT2D eigenvalue weighted by atomic mass is 32.2. The van der Waals surface area contributed by atoms with E-state index in [1.807, 2.05) is 24.5 Å². The second-order valence-electron chi connectivity index (χ2n) is 14.8. The Hall–Kier alpha value is -3.74. The fraction of sp³-hybridized carbons (Fsp3) is 0.486. The molecule has 1 N–H and O–H groups in total. The number of hydrogen-bond acceptors (Lipinski definition) is 11. The van der Waals surface area contributed by atoms with Crippen LogP contribution in [-0.2, 0) is 27.4 Å². The summed E-state index contributed by atoms with van der Waals surface area (Å²) in [5.74, 6) is 1.46. The minimum atomic E-state index is -3.67. The van der Waals surface area contributed by atoms with Crippen molar-refractivity contribution in [1.82, 2.24) is 25.1 Å². The maximum absolute atomic E-state index is 14.2. The van der Waals surface area contributed by atoms with Crippen molar-refractivity contribution in [2.45, 2.75) is 95.1 Å². The van der Waals surface area contributed by atoms with Crippen LogP contribution in [0, 0.1) is 18.3 Å². The highest BCUT2D eigenvalue weighted by Crippen LogP contribution is 2.52. The molecule has 8 heterocycles. The van der Waals surface area contributed by atoms with Crippen LogP contribution < -0.4 is 5.32 Å². The normalized spacial score (nSPS) is 25.3. The number of aromatic nitrogens is 5. The summed E-state index contributed by atoms with van der Waals surface area (Å²) in [6, 6.07) is 8.30. The quantitative estimate of drug-likeness (QED) is 0.173. The number of nitrogens with zero attached hydrogens (tertiary/aromatic N) is 5. The number of rotatable bonds is 8. The second-order valence-corrected chi connectivity index (χ2v) is 17.8. The molecule has 49 heavy (non-hydrogen) atoms. The van der Waals surface area contributed by atoms with Gasteiger partial charge >= 0.3 is 0 Å². The fourth-order valence-corrected chi connectivity index (χ4v) is 12.0. The van der Waals surface area contributed by atoms with Crippen molar-refractivity contribution < 1.29 is 17.6 Å². The summed E-state index contributed by atoms with van der Waals surface area (Å²) in [6.45, 7) is 6.71. The van der Waals surface area contributed by atoms with E-state index in [2.05, 4.69) is 46.5 Å². The molecule has 2 aliphatic carbocycles. The van der Waals surface area contributed by atoms with Gasteiger partial charge in [-0.1, -0.05) is 19.9 Å². The van der Waals surface area contributed by atoms with Gasteiger partial charge in [-0.2, -0.15) is 0 Å². The predicted octanol–water partition coefficient (Wildman–Crippen LogP) is 7.63. The molecule has 5 aliphatic rings. The number of pyridine rings is 3. The zero-order chi connectivity index (χ0) is 33.5. The Labute approximate surface area is 290 Å². The van der Waals surface area contributed by atoms with Crippen molar-refractivity contribution in [3.8, 4) is 21.9 Å². The lowest BCUT2D eigenvalue weighted by Gasteiger charge is -2.46. The van der Waals surface area contributed by atoms with Crippen molar-refractivity contribution in [1.29, 1.82) is 0 Å². The molecule has 2 bridgehead atoms. The van der Waals surface area contributed by atoms with Gasteiger partial charge in [0.25, 0.3) is 0 Å². The van der Waals surface area contributed by atoms with Gasteiger partial charge < -0.3 is 14.5 Å². The van der Waals surface area contributed by atoms with Gasteiger partial charge in [0.05, 0.1) is 51.1 Å². The molecule has 2 saturated heterocycles. The number of nitrogens with one attached hydrogen (secondary N) is 1. The molecule has 0 aromatic carbocycles. The summed E-state index contributed by atoms with van der Waals surface area (Å²) >= 11 is 1.56. The minimum Gasteiger partial charge on any atom is -0.421 e. The highest BCUT2D eigenvalue weighted by Gasteiger charge is 2.45. The number of hydrogen-bond donors (Lipinski definition) is 1. The van der Waals surface area contributed by atoms with Gasteiger partial charge in [-0.3, -0.25) is 9.97 Å². The summed E-state index contributed by atoms with van der Waals surface area (Å²) in [7, 11) is -3.67. The maximum Gasteiger partial charge on any atom is 0.250 e. The zero-order valence-corrected chi connectivity index (χ0v) is 29.7. The summed E-state index contributed by atoms with van der Waals surface area (Å²) in [4.78, 5) is 15.8. The monoisotopic (exact) mass is 696 g/mol. The molecule has 10 rings (SSSR count). The predicted molar refractivity (Wildman–Crippen MR) is 188 cm³/mol. The number of fused-ring (bicyclic) bond motifs is 6. The van der Waals surface area contributed by atoms with Crippen molar-refractivity contribution in [2.24, 2.45) is 11.3 Å². The average molecular weight is 697 g/mol. The van der Waals surface area contributed by atoms with Gasteiger partial charge in [0.2, 0.25) is 11.8 Å². The van der Waals surface area contributed by atoms with Crippen molar-refractivity contribution in [3.63, 3.8) is 0 Å². The summed E-state index contributed by atoms with van der Waals surface area (Å²) < 4.78 is 41.8. The van der Waals surface area contributed by atoms with Gasteiger partial charge in [0.1, 0.15) is 5.82 Å². The van der Waals surface area contributed by atoms with Crippen LogP contribution in [0.1, 0.15) is 92.9 Å². The van der Waals surface area contributed by atoms with Crippen LogP contribution in [0.25, 0.3) is 32.0 Å². The Morgan fingerprint density at radius 3 is 2.69 bits per heavy atom. The van der Waals surface area contributed by atoms with Gasteiger partial charge in [0.15, 0.2) is 9.84 Å². The molecule has 3 aliphatic heterocycles. The smallest absolute Gasteiger partial charge is 0.250 e. The van der Waals surface area contributed by atoms with Crippen LogP contribution in [0.5, 0.6) is 0 Å². The van der Waals surface area contributed by atoms with Crippen LogP contribution >= 0.6 is 11.3 Å². The Morgan fingerprint density at radius 2 is 1.94 bits per heavy atom. The molecule has 2 atom stereocenters. The third-order valence-corrected chi connectivity index (χ3v) is 14.3. The maximum atomic E-state index is 14.2. The molecule has 1 saturated carbocycles. The molecule has 0 unspecified atom stereocenters. The van der Waals surface area contributed by atoms with E-state index in [1.165, 1.54) is 5.56 Å². The Bertz CT molecular complexity index is 2190. The van der Waals surface area contributed by atoms with Crippen LogP contribution in [0.4, 0.5) is 5.82 Å². The number of ether oxygens (including phenoxy) is 1. The number of anilines is 1. The first-order valence-electron chi connectivity index (χ1n) is 17.5. The number of thiophene rings is 1. The van der Waals surface area contributed by atoms with E-state index in [-0.39, 0.29) is 29.0 Å². The molecule has 0 radical (unpaired) electrons. The molecule has 3 fully saturated rings. The summed E-state index contributed by atoms with van der Waals surface area (Å²) in [6.07, 6.45) is 12.0. The minimum absolute atomic E-state index is 0.0410. The molecule has 12 heteroatoms.